The van der Waals surface area contributed by atoms with Gasteiger partial charge >= 0.3 is 0 Å². The van der Waals surface area contributed by atoms with Crippen LogP contribution in [0.3, 0.4) is 0 Å². The van der Waals surface area contributed by atoms with Crippen LogP contribution in [0.1, 0.15) is 5.69 Å². The first-order valence-corrected chi connectivity index (χ1v) is 12.7. The lowest BCUT2D eigenvalue weighted by atomic mass is 10.0. The molecule has 1 unspecified atom stereocenters. The number of pyridine rings is 2. The molecule has 1 fully saturated rings. The molecule has 36 heavy (non-hydrogen) atoms. The fraction of sp³-hybridized carbons (Fsp3) is 0.217. The summed E-state index contributed by atoms with van der Waals surface area (Å²) in [5, 5.41) is 19.9. The minimum Gasteiger partial charge on any atom is -0.543 e. The van der Waals surface area contributed by atoms with E-state index in [2.05, 4.69) is 15.5 Å². The van der Waals surface area contributed by atoms with Crippen molar-refractivity contribution in [3.05, 3.63) is 64.9 Å². The second-order valence-electron chi connectivity index (χ2n) is 7.98. The lowest BCUT2D eigenvalue weighted by Crippen LogP contribution is -2.71. The molecule has 0 bridgehead atoms. The van der Waals surface area contributed by atoms with Gasteiger partial charge in [0, 0.05) is 23.5 Å². The highest BCUT2D eigenvalue weighted by Gasteiger charge is 2.53. The molecular weight excluding hydrogens is 504 g/mol. The second-order valence-corrected chi connectivity index (χ2v) is 10.0. The van der Waals surface area contributed by atoms with Crippen LogP contribution in [0, 0.1) is 0 Å². The first-order valence-electron chi connectivity index (χ1n) is 10.8. The number of nitrogens with one attached hydrogen (secondary N) is 1. The van der Waals surface area contributed by atoms with Crippen molar-refractivity contribution >= 4 is 62.6 Å². The lowest BCUT2D eigenvalue weighted by Gasteiger charge is -2.50. The Kier molecular flexibility index (Phi) is 6.33. The molecule has 0 radical (unpaired) electrons. The number of aliphatic carboxylic acids is 1. The van der Waals surface area contributed by atoms with Crippen LogP contribution in [0.15, 0.2) is 64.4 Å². The fourth-order valence-corrected chi connectivity index (χ4v) is 6.36. The number of carbonyl (C=O) groups excluding carboxylic acids is 3. The molecule has 0 aliphatic carbocycles. The number of β-lactam (4-membered cyclic amide) rings is 1. The Morgan fingerprint density at radius 2 is 2.17 bits per heavy atom. The minimum atomic E-state index is -1.43. The molecule has 3 aromatic rings. The van der Waals surface area contributed by atoms with Crippen molar-refractivity contribution in [2.75, 3.05) is 18.6 Å². The quantitative estimate of drug-likeness (QED) is 0.184. The molecule has 184 valence electrons. The number of thiophene rings is 1. The van der Waals surface area contributed by atoms with Gasteiger partial charge in [-0.1, -0.05) is 11.2 Å². The topological polar surface area (TPSA) is 154 Å². The van der Waals surface area contributed by atoms with Crippen LogP contribution >= 0.6 is 23.1 Å². The summed E-state index contributed by atoms with van der Waals surface area (Å²) in [5.41, 5.74) is 7.10. The van der Waals surface area contributed by atoms with E-state index in [0.29, 0.717) is 17.9 Å². The number of nitrogen functional groups attached to an aromatic ring is 1. The van der Waals surface area contributed by atoms with Crippen LogP contribution in [0.25, 0.3) is 10.2 Å². The van der Waals surface area contributed by atoms with Crippen LogP contribution in [-0.4, -0.2) is 57.7 Å². The standard InChI is InChI=1S/C23H20N6O5S2/c1-34-27-17(13-4-2-6-16(24)25-13)20(30)26-18-21(31)29-19(23(32)33)12(11-36-22(18)29)10-28-8-3-5-15-14(28)7-9-35-15/h2-9,18,22H,10-11H2,1H3,(H3-,24,25,26,30,32,33)/t18?,22-/m1/s1. The summed E-state index contributed by atoms with van der Waals surface area (Å²) >= 11 is 2.96. The Bertz CT molecular complexity index is 1450. The van der Waals surface area contributed by atoms with Crippen molar-refractivity contribution in [3.63, 3.8) is 0 Å². The highest BCUT2D eigenvalue weighted by atomic mass is 32.2. The number of hydrogen-bond acceptors (Lipinski definition) is 10. The molecule has 11 nitrogen and oxygen atoms in total. The summed E-state index contributed by atoms with van der Waals surface area (Å²) in [7, 11) is 1.28. The Hall–Kier alpha value is -3.97. The number of fused-ring (bicyclic) bond motifs is 2. The smallest absolute Gasteiger partial charge is 0.276 e. The van der Waals surface area contributed by atoms with Crippen molar-refractivity contribution in [3.8, 4) is 0 Å². The van der Waals surface area contributed by atoms with Gasteiger partial charge in [0.1, 0.15) is 30.0 Å². The van der Waals surface area contributed by atoms with Gasteiger partial charge in [0.15, 0.2) is 18.5 Å². The summed E-state index contributed by atoms with van der Waals surface area (Å²) < 4.78 is 3.01. The van der Waals surface area contributed by atoms with E-state index in [9.17, 15) is 19.5 Å². The molecule has 3 N–H and O–H groups in total. The summed E-state index contributed by atoms with van der Waals surface area (Å²) in [4.78, 5) is 48.2. The molecule has 0 saturated carbocycles. The Morgan fingerprint density at radius 3 is 2.92 bits per heavy atom. The highest BCUT2D eigenvalue weighted by Crippen LogP contribution is 2.40. The molecule has 5 rings (SSSR count). The average Bonchev–Trinajstić information content (AvgIpc) is 3.35. The number of amides is 2. The fourth-order valence-electron chi connectivity index (χ4n) is 4.22. The molecule has 2 aliphatic heterocycles. The Morgan fingerprint density at radius 1 is 1.33 bits per heavy atom. The third-order valence-corrected chi connectivity index (χ3v) is 8.01. The van der Waals surface area contributed by atoms with Crippen molar-refractivity contribution in [1.82, 2.24) is 15.2 Å². The van der Waals surface area contributed by atoms with E-state index in [1.807, 2.05) is 34.3 Å². The van der Waals surface area contributed by atoms with Crippen molar-refractivity contribution < 1.29 is 28.9 Å². The maximum absolute atomic E-state index is 13.0. The van der Waals surface area contributed by atoms with Gasteiger partial charge in [0.05, 0.1) is 16.4 Å². The number of carboxylic acids is 1. The second kappa shape index (κ2) is 9.59. The number of anilines is 1. The monoisotopic (exact) mass is 524 g/mol. The zero-order valence-electron chi connectivity index (χ0n) is 18.9. The van der Waals surface area contributed by atoms with E-state index in [0.717, 1.165) is 10.2 Å². The third-order valence-electron chi connectivity index (χ3n) is 5.80. The Balaban J connectivity index is 1.38. The number of hydrogen-bond donors (Lipinski definition) is 2. The Labute approximate surface area is 213 Å². The maximum Gasteiger partial charge on any atom is 0.276 e. The van der Waals surface area contributed by atoms with Crippen molar-refractivity contribution in [1.29, 1.82) is 0 Å². The molecule has 2 aliphatic rings. The predicted molar refractivity (Wildman–Crippen MR) is 131 cm³/mol. The molecular formula is C23H20N6O5S2. The van der Waals surface area contributed by atoms with Crippen LogP contribution in [-0.2, 0) is 25.8 Å². The van der Waals surface area contributed by atoms with Gasteiger partial charge < -0.3 is 25.8 Å². The number of carboxylic acid groups (broad SMARTS) is 1. The van der Waals surface area contributed by atoms with Crippen LogP contribution < -0.4 is 20.7 Å². The minimum absolute atomic E-state index is 0.155. The van der Waals surface area contributed by atoms with Gasteiger partial charge in [-0.25, -0.2) is 4.98 Å². The number of thioether (sulfide) groups is 1. The largest absolute Gasteiger partial charge is 0.543 e. The molecule has 0 aromatic carbocycles. The van der Waals surface area contributed by atoms with E-state index in [1.54, 1.807) is 23.5 Å². The number of aromatic nitrogens is 2. The van der Waals surface area contributed by atoms with E-state index in [4.69, 9.17) is 10.6 Å². The third kappa shape index (κ3) is 4.16. The SMILES string of the molecule is CON=C(C(=O)NC1C(=O)N2C(C(=O)[O-])=C(C[n+]3cccc4sccc43)CS[C@H]12)c1cccc(N)n1. The average molecular weight is 525 g/mol. The summed E-state index contributed by atoms with van der Waals surface area (Å²) in [6.07, 6.45) is 1.87. The molecule has 13 heteroatoms. The molecule has 2 atom stereocenters. The zero-order valence-corrected chi connectivity index (χ0v) is 20.5. The number of nitrogens with zero attached hydrogens (tertiary/aromatic N) is 4. The van der Waals surface area contributed by atoms with E-state index in [-0.39, 0.29) is 22.9 Å². The van der Waals surface area contributed by atoms with Gasteiger partial charge in [-0.3, -0.25) is 14.5 Å². The highest BCUT2D eigenvalue weighted by molar-refractivity contribution is 8.00. The van der Waals surface area contributed by atoms with E-state index >= 15 is 0 Å². The predicted octanol–water partition coefficient (Wildman–Crippen LogP) is -0.379. The lowest BCUT2D eigenvalue weighted by molar-refractivity contribution is -0.663. The van der Waals surface area contributed by atoms with E-state index < -0.39 is 29.2 Å². The van der Waals surface area contributed by atoms with Gasteiger partial charge in [0.2, 0.25) is 5.52 Å². The maximum atomic E-state index is 13.0. The summed E-state index contributed by atoms with van der Waals surface area (Å²) in [5.74, 6) is -2.14. The number of oxime groups is 1. The van der Waals surface area contributed by atoms with E-state index in [1.165, 1.54) is 29.8 Å². The molecule has 1 saturated heterocycles. The number of carbonyl (C=O) groups is 3. The van der Waals surface area contributed by atoms with Gasteiger partial charge in [-0.05, 0) is 23.6 Å². The number of rotatable bonds is 7. The molecule has 2 amide bonds. The van der Waals surface area contributed by atoms with Crippen LogP contribution in [0.2, 0.25) is 0 Å². The van der Waals surface area contributed by atoms with Gasteiger partial charge in [-0.15, -0.1) is 23.1 Å². The first-order chi connectivity index (χ1) is 17.4. The van der Waals surface area contributed by atoms with Crippen LogP contribution in [0.4, 0.5) is 5.82 Å². The molecule has 0 spiro atoms. The van der Waals surface area contributed by atoms with Crippen molar-refractivity contribution in [2.24, 2.45) is 5.16 Å². The molecule has 3 aromatic heterocycles. The first kappa shape index (κ1) is 23.8. The van der Waals surface area contributed by atoms with Crippen LogP contribution in [0.5, 0.6) is 0 Å². The van der Waals surface area contributed by atoms with Gasteiger partial charge in [-0.2, -0.15) is 4.57 Å². The summed E-state index contributed by atoms with van der Waals surface area (Å²) in [6.45, 7) is 0.295. The van der Waals surface area contributed by atoms with Gasteiger partial charge in [0.25, 0.3) is 11.8 Å². The number of nitrogens with two attached hydrogens (primary N) is 1. The normalized spacial score (nSPS) is 19.6. The zero-order chi connectivity index (χ0) is 25.4. The summed E-state index contributed by atoms with van der Waals surface area (Å²) in [6, 6.07) is 9.60. The van der Waals surface area contributed by atoms with Crippen molar-refractivity contribution in [2.45, 2.75) is 18.0 Å². The molecule has 5 heterocycles.